The van der Waals surface area contributed by atoms with E-state index in [0.29, 0.717) is 29.7 Å². The molecule has 1 aliphatic rings. The molecule has 1 aliphatic heterocycles. The van der Waals surface area contributed by atoms with E-state index in [1.54, 1.807) is 45.0 Å². The van der Waals surface area contributed by atoms with Crippen LogP contribution in [-0.4, -0.2) is 57.6 Å². The third kappa shape index (κ3) is 6.97. The maximum Gasteiger partial charge on any atom is 0.310 e. The van der Waals surface area contributed by atoms with Crippen LogP contribution in [0, 0.1) is 0 Å². The molecule has 2 unspecified atom stereocenters. The van der Waals surface area contributed by atoms with Crippen LogP contribution in [0.1, 0.15) is 52.5 Å². The van der Waals surface area contributed by atoms with Crippen molar-refractivity contribution in [3.8, 4) is 11.6 Å². The zero-order valence-corrected chi connectivity index (χ0v) is 20.0. The molecule has 176 valence electrons. The highest BCUT2D eigenvalue weighted by Crippen LogP contribution is 2.33. The summed E-state index contributed by atoms with van der Waals surface area (Å²) in [5.74, 6) is 0.0631. The molecule has 0 bridgehead atoms. The Bertz CT molecular complexity index is 886. The summed E-state index contributed by atoms with van der Waals surface area (Å²) in [6.07, 6.45) is 2.12. The Labute approximate surface area is 194 Å². The van der Waals surface area contributed by atoms with Gasteiger partial charge in [-0.15, -0.1) is 0 Å². The third-order valence-electron chi connectivity index (χ3n) is 4.80. The summed E-state index contributed by atoms with van der Waals surface area (Å²) >= 11 is 6.44. The molecule has 9 heteroatoms. The molecule has 0 spiro atoms. The van der Waals surface area contributed by atoms with Crippen LogP contribution in [-0.2, 0) is 4.79 Å². The maximum absolute atomic E-state index is 11.1. The molecule has 0 aliphatic carbocycles. The first-order valence-electron chi connectivity index (χ1n) is 10.7. The van der Waals surface area contributed by atoms with Crippen molar-refractivity contribution in [3.05, 3.63) is 41.2 Å². The molecule has 8 nitrogen and oxygen atoms in total. The minimum absolute atomic E-state index is 0.0560. The number of hydrogen-bond acceptors (Lipinski definition) is 7. The van der Waals surface area contributed by atoms with Crippen LogP contribution in [0.5, 0.6) is 11.6 Å². The molecule has 0 radical (unpaired) electrons. The molecule has 1 aromatic heterocycles. The molecule has 1 saturated heterocycles. The standard InChI is InChI=1S/C21H26ClN3O5.C2H6/c1-13(20(26)27)14-4-6-15(7-5-14)30-16-8-9-25(10-16)18-17(22)19(24-12-23-18)29-11-21(2,3)28;1-2/h4-7,12-13,16,28H,8-11H2,1-3H3,(H,26,27);1-2H3. The van der Waals surface area contributed by atoms with Crippen LogP contribution in [0.25, 0.3) is 0 Å². The van der Waals surface area contributed by atoms with Crippen LogP contribution in [0.2, 0.25) is 5.02 Å². The Hall–Kier alpha value is -2.58. The fourth-order valence-corrected chi connectivity index (χ4v) is 3.37. The number of carbonyl (C=O) groups is 1. The lowest BCUT2D eigenvalue weighted by Gasteiger charge is -2.21. The van der Waals surface area contributed by atoms with Crippen molar-refractivity contribution in [1.82, 2.24) is 9.97 Å². The van der Waals surface area contributed by atoms with Gasteiger partial charge < -0.3 is 24.6 Å². The lowest BCUT2D eigenvalue weighted by molar-refractivity contribution is -0.138. The van der Waals surface area contributed by atoms with Crippen LogP contribution in [0.3, 0.4) is 0 Å². The van der Waals surface area contributed by atoms with Gasteiger partial charge in [0.05, 0.1) is 18.1 Å². The summed E-state index contributed by atoms with van der Waals surface area (Å²) < 4.78 is 11.6. The van der Waals surface area contributed by atoms with E-state index in [2.05, 4.69) is 9.97 Å². The Morgan fingerprint density at radius 3 is 2.53 bits per heavy atom. The van der Waals surface area contributed by atoms with Crippen LogP contribution in [0.4, 0.5) is 5.82 Å². The topological polar surface area (TPSA) is 105 Å². The van der Waals surface area contributed by atoms with Gasteiger partial charge in [-0.25, -0.2) is 9.97 Å². The van der Waals surface area contributed by atoms with E-state index in [0.717, 1.165) is 12.0 Å². The number of aromatic nitrogens is 2. The van der Waals surface area contributed by atoms with Crippen molar-refractivity contribution in [1.29, 1.82) is 0 Å². The second-order valence-corrected chi connectivity index (χ2v) is 8.40. The number of anilines is 1. The number of ether oxygens (including phenoxy) is 2. The molecule has 2 heterocycles. The highest BCUT2D eigenvalue weighted by atomic mass is 35.5. The monoisotopic (exact) mass is 465 g/mol. The van der Waals surface area contributed by atoms with Gasteiger partial charge >= 0.3 is 5.97 Å². The fraction of sp³-hybridized carbons (Fsp3) is 0.522. The van der Waals surface area contributed by atoms with E-state index < -0.39 is 17.5 Å². The molecule has 2 aromatic rings. The van der Waals surface area contributed by atoms with Gasteiger partial charge in [-0.05, 0) is 38.5 Å². The minimum Gasteiger partial charge on any atom is -0.489 e. The summed E-state index contributed by atoms with van der Waals surface area (Å²) in [5, 5.41) is 19.2. The number of halogens is 1. The van der Waals surface area contributed by atoms with Crippen LogP contribution < -0.4 is 14.4 Å². The third-order valence-corrected chi connectivity index (χ3v) is 5.13. The van der Waals surface area contributed by atoms with Crippen molar-refractivity contribution in [3.63, 3.8) is 0 Å². The summed E-state index contributed by atoms with van der Waals surface area (Å²) in [5.41, 5.74) is -0.270. The molecule has 0 amide bonds. The average Bonchev–Trinajstić information content (AvgIpc) is 3.22. The van der Waals surface area contributed by atoms with Crippen molar-refractivity contribution >= 4 is 23.4 Å². The van der Waals surface area contributed by atoms with Crippen molar-refractivity contribution in [2.24, 2.45) is 0 Å². The van der Waals surface area contributed by atoms with Gasteiger partial charge in [0, 0.05) is 13.0 Å². The molecular weight excluding hydrogens is 434 g/mol. The summed E-state index contributed by atoms with van der Waals surface area (Å²) in [6.45, 7) is 10.3. The number of nitrogens with zero attached hydrogens (tertiary/aromatic N) is 3. The summed E-state index contributed by atoms with van der Waals surface area (Å²) in [6, 6.07) is 7.12. The Balaban J connectivity index is 0.00000176. The van der Waals surface area contributed by atoms with E-state index in [4.69, 9.17) is 26.2 Å². The molecule has 32 heavy (non-hydrogen) atoms. The van der Waals surface area contributed by atoms with Crippen LogP contribution >= 0.6 is 11.6 Å². The Kier molecular flexibility index (Phi) is 9.09. The average molecular weight is 466 g/mol. The highest BCUT2D eigenvalue weighted by molar-refractivity contribution is 6.34. The van der Waals surface area contributed by atoms with E-state index in [-0.39, 0.29) is 18.6 Å². The van der Waals surface area contributed by atoms with Gasteiger partial charge in [0.1, 0.15) is 29.8 Å². The SMILES string of the molecule is CC.CC(C(=O)O)c1ccc(OC2CCN(c3ncnc(OCC(C)(C)O)c3Cl)C2)cc1. The normalized spacial score (nSPS) is 16.7. The summed E-state index contributed by atoms with van der Waals surface area (Å²) in [7, 11) is 0. The van der Waals surface area contributed by atoms with Crippen molar-refractivity contribution < 1.29 is 24.5 Å². The predicted molar refractivity (Wildman–Crippen MR) is 124 cm³/mol. The molecule has 1 aromatic carbocycles. The number of carboxylic acid groups (broad SMARTS) is 1. The second kappa shape index (κ2) is 11.3. The quantitative estimate of drug-likeness (QED) is 0.599. The van der Waals surface area contributed by atoms with E-state index in [9.17, 15) is 9.90 Å². The number of benzene rings is 1. The van der Waals surface area contributed by atoms with Crippen molar-refractivity contribution in [2.45, 2.75) is 58.7 Å². The zero-order chi connectivity index (χ0) is 23.9. The lowest BCUT2D eigenvalue weighted by atomic mass is 10.0. The fourth-order valence-electron chi connectivity index (χ4n) is 3.10. The zero-order valence-electron chi connectivity index (χ0n) is 19.2. The number of aliphatic hydroxyl groups is 1. The van der Waals surface area contributed by atoms with Crippen molar-refractivity contribution in [2.75, 3.05) is 24.6 Å². The molecule has 3 rings (SSSR count). The van der Waals surface area contributed by atoms with Gasteiger partial charge in [0.25, 0.3) is 0 Å². The molecule has 1 fully saturated rings. The number of rotatable bonds is 8. The van der Waals surface area contributed by atoms with Gasteiger partial charge in [-0.1, -0.05) is 37.6 Å². The number of hydrogen-bond donors (Lipinski definition) is 2. The van der Waals surface area contributed by atoms with Gasteiger partial charge in [-0.2, -0.15) is 0 Å². The predicted octanol–water partition coefficient (Wildman–Crippen LogP) is 4.15. The number of aliphatic carboxylic acids is 1. The molecular formula is C23H32ClN3O5. The lowest BCUT2D eigenvalue weighted by Crippen LogP contribution is -2.29. The minimum atomic E-state index is -1.00. The first-order valence-corrected chi connectivity index (χ1v) is 11.1. The van der Waals surface area contributed by atoms with E-state index >= 15 is 0 Å². The van der Waals surface area contributed by atoms with Gasteiger partial charge in [-0.3, -0.25) is 4.79 Å². The second-order valence-electron chi connectivity index (χ2n) is 8.02. The highest BCUT2D eigenvalue weighted by Gasteiger charge is 2.28. The first kappa shape index (κ1) is 25.7. The number of carboxylic acids is 1. The Morgan fingerprint density at radius 2 is 1.94 bits per heavy atom. The first-order chi connectivity index (χ1) is 15.1. The molecule has 2 atom stereocenters. The molecule has 2 N–H and O–H groups in total. The Morgan fingerprint density at radius 1 is 1.28 bits per heavy atom. The largest absolute Gasteiger partial charge is 0.489 e. The van der Waals surface area contributed by atoms with Crippen LogP contribution in [0.15, 0.2) is 30.6 Å². The molecule has 0 saturated carbocycles. The summed E-state index contributed by atoms with van der Waals surface area (Å²) in [4.78, 5) is 21.4. The van der Waals surface area contributed by atoms with E-state index in [1.807, 2.05) is 18.7 Å². The van der Waals surface area contributed by atoms with Gasteiger partial charge in [0.2, 0.25) is 5.88 Å². The van der Waals surface area contributed by atoms with Gasteiger partial charge in [0.15, 0.2) is 5.82 Å². The smallest absolute Gasteiger partial charge is 0.310 e. The van der Waals surface area contributed by atoms with E-state index in [1.165, 1.54) is 6.33 Å². The maximum atomic E-state index is 11.1.